The van der Waals surface area contributed by atoms with Crippen LogP contribution in [0.2, 0.25) is 0 Å². The number of rotatable bonds is 17. The fourth-order valence-corrected chi connectivity index (χ4v) is 4.40. The van der Waals surface area contributed by atoms with Crippen LogP contribution in [-0.2, 0) is 0 Å². The summed E-state index contributed by atoms with van der Waals surface area (Å²) < 4.78 is 473. The van der Waals surface area contributed by atoms with E-state index >= 15 is 0 Å². The van der Waals surface area contributed by atoms with Gasteiger partial charge < -0.3 is 20.9 Å². The van der Waals surface area contributed by atoms with Gasteiger partial charge in [-0.25, -0.2) is 0 Å². The molecule has 382 valence electrons. The van der Waals surface area contributed by atoms with Crippen molar-refractivity contribution in [1.82, 2.24) is 0 Å². The molecular formula is C28H10F34N2O2. The Labute approximate surface area is 337 Å². The fourth-order valence-electron chi connectivity index (χ4n) is 4.40. The van der Waals surface area contributed by atoms with Crippen LogP contribution < -0.4 is 20.9 Å². The molecule has 0 saturated heterocycles. The molecule has 0 saturated carbocycles. The molecule has 0 spiro atoms. The van der Waals surface area contributed by atoms with Gasteiger partial charge in [0.2, 0.25) is 0 Å². The predicted octanol–water partition coefficient (Wildman–Crippen LogP) is 13.2. The zero-order valence-corrected chi connectivity index (χ0v) is 29.3. The van der Waals surface area contributed by atoms with Gasteiger partial charge in [-0.2, -0.15) is 149 Å². The molecule has 4 nitrogen and oxygen atoms in total. The van der Waals surface area contributed by atoms with E-state index in [9.17, 15) is 149 Å². The molecule has 0 radical (unpaired) electrons. The zero-order valence-electron chi connectivity index (χ0n) is 29.3. The van der Waals surface area contributed by atoms with E-state index in [4.69, 9.17) is 11.5 Å². The van der Waals surface area contributed by atoms with Crippen LogP contribution in [0, 0.1) is 0 Å². The number of ether oxygens (including phenoxy) is 2. The van der Waals surface area contributed by atoms with E-state index in [0.29, 0.717) is 0 Å². The minimum absolute atomic E-state index is 0.0747. The molecule has 0 aliphatic heterocycles. The monoisotopic (exact) mass is 1050 g/mol. The number of hydrogen-bond acceptors (Lipinski definition) is 4. The molecule has 0 bridgehead atoms. The molecule has 2 aromatic rings. The summed E-state index contributed by atoms with van der Waals surface area (Å²) in [4.78, 5) is 0. The Bertz CT molecular complexity index is 1950. The van der Waals surface area contributed by atoms with E-state index in [2.05, 4.69) is 9.47 Å². The first kappa shape index (κ1) is 57.4. The van der Waals surface area contributed by atoms with Gasteiger partial charge in [0.1, 0.15) is 11.5 Å². The molecule has 4 N–H and O–H groups in total. The molecule has 0 heterocycles. The third-order valence-corrected chi connectivity index (χ3v) is 8.16. The summed E-state index contributed by atoms with van der Waals surface area (Å²) in [5, 5.41) is 0. The van der Waals surface area contributed by atoms with Crippen LogP contribution in [-0.4, -0.2) is 95.6 Å². The molecule has 2 rings (SSSR count). The Morgan fingerprint density at radius 3 is 0.636 bits per heavy atom. The smallest absolute Gasteiger partial charge is 0.427 e. The van der Waals surface area contributed by atoms with Gasteiger partial charge in [-0.3, -0.25) is 0 Å². The average molecular weight is 1050 g/mol. The molecule has 2 aromatic carbocycles. The Balaban J connectivity index is 2.84. The summed E-state index contributed by atoms with van der Waals surface area (Å²) in [6, 6.07) is -1.59. The molecule has 0 amide bonds. The summed E-state index contributed by atoms with van der Waals surface area (Å²) in [6.45, 7) is 0. The summed E-state index contributed by atoms with van der Waals surface area (Å²) >= 11 is 0. The molecule has 0 aromatic heterocycles. The molecule has 66 heavy (non-hydrogen) atoms. The van der Waals surface area contributed by atoms with Gasteiger partial charge in [0.15, 0.2) is 0 Å². The van der Waals surface area contributed by atoms with E-state index < -0.39 is 142 Å². The van der Waals surface area contributed by atoms with E-state index in [-0.39, 0.29) is 24.3 Å². The number of alkyl halides is 34. The minimum Gasteiger partial charge on any atom is -0.427 e. The first-order valence-corrected chi connectivity index (χ1v) is 15.0. The average Bonchev–Trinajstić information content (AvgIpc) is 3.09. The van der Waals surface area contributed by atoms with E-state index in [1.807, 2.05) is 0 Å². The van der Waals surface area contributed by atoms with Gasteiger partial charge in [0.05, 0.1) is 0 Å². The van der Waals surface area contributed by atoms with Gasteiger partial charge in [-0.05, 0) is 24.3 Å². The Kier molecular flexibility index (Phi) is 13.4. The van der Waals surface area contributed by atoms with E-state index in [1.54, 1.807) is 0 Å². The molecule has 0 aliphatic rings. The lowest BCUT2D eigenvalue weighted by Crippen LogP contribution is -2.74. The number of halogens is 34. The first-order chi connectivity index (χ1) is 28.4. The van der Waals surface area contributed by atoms with Gasteiger partial charge in [0, 0.05) is 34.6 Å². The van der Waals surface area contributed by atoms with Gasteiger partial charge in [0.25, 0.3) is 0 Å². The van der Waals surface area contributed by atoms with Gasteiger partial charge >= 0.3 is 95.6 Å². The lowest BCUT2D eigenvalue weighted by molar-refractivity contribution is -0.471. The highest BCUT2D eigenvalue weighted by atomic mass is 19.4. The maximum atomic E-state index is 14.8. The largest absolute Gasteiger partial charge is 0.471 e. The van der Waals surface area contributed by atoms with Crippen molar-refractivity contribution in [2.24, 2.45) is 0 Å². The van der Waals surface area contributed by atoms with Gasteiger partial charge in [-0.15, -0.1) is 0 Å². The first-order valence-electron chi connectivity index (χ1n) is 15.0. The second-order valence-corrected chi connectivity index (χ2v) is 12.6. The third-order valence-electron chi connectivity index (χ3n) is 8.16. The number of nitrogens with two attached hydrogens (primary N) is 2. The van der Waals surface area contributed by atoms with Gasteiger partial charge in [-0.1, -0.05) is 0 Å². The van der Waals surface area contributed by atoms with Crippen LogP contribution in [0.4, 0.5) is 161 Å². The van der Waals surface area contributed by atoms with Crippen LogP contribution in [0.25, 0.3) is 11.1 Å². The number of nitrogen functional groups attached to an aromatic ring is 2. The van der Waals surface area contributed by atoms with E-state index in [1.165, 1.54) is 0 Å². The summed E-state index contributed by atoms with van der Waals surface area (Å²) in [5.74, 6) is -113. The lowest BCUT2D eigenvalue weighted by Gasteiger charge is -2.42. The summed E-state index contributed by atoms with van der Waals surface area (Å²) in [7, 11) is 0. The molecule has 38 heteroatoms. The van der Waals surface area contributed by atoms with Crippen molar-refractivity contribution >= 4 is 11.4 Å². The SMILES string of the molecule is Nc1ccc(-c2ccc(N)cc2OC(F)(F)C(F)(F)C(F)(F)C(F)(F)C(F)(F)C(F)(F)C(F)(F)C(F)(F)F)c(OC(F)(F)C(F)(F)C(F)(F)C(F)(F)C(F)(F)C(F)(F)C(F)(F)C(F)(F)F)c1. The zero-order chi connectivity index (χ0) is 53.1. The van der Waals surface area contributed by atoms with Crippen molar-refractivity contribution in [3.05, 3.63) is 36.4 Å². The van der Waals surface area contributed by atoms with Crippen LogP contribution in [0.15, 0.2) is 36.4 Å². The highest BCUT2D eigenvalue weighted by molar-refractivity contribution is 5.79. The Morgan fingerprint density at radius 2 is 0.439 bits per heavy atom. The Hall–Kier alpha value is -4.74. The quantitative estimate of drug-likeness (QED) is 0.122. The van der Waals surface area contributed by atoms with Crippen molar-refractivity contribution < 1.29 is 159 Å². The summed E-state index contributed by atoms with van der Waals surface area (Å²) in [6.07, 6.45) is -32.1. The maximum absolute atomic E-state index is 14.8. The Morgan fingerprint density at radius 1 is 0.258 bits per heavy atom. The van der Waals surface area contributed by atoms with E-state index in [0.717, 1.165) is 0 Å². The predicted molar refractivity (Wildman–Crippen MR) is 143 cm³/mol. The minimum atomic E-state index is -9.22. The van der Waals surface area contributed by atoms with Crippen molar-refractivity contribution in [1.29, 1.82) is 0 Å². The molecular weight excluding hydrogens is 1040 g/mol. The summed E-state index contributed by atoms with van der Waals surface area (Å²) in [5.41, 5.74) is 3.01. The highest BCUT2D eigenvalue weighted by Gasteiger charge is 2.97. The molecule has 0 fully saturated rings. The third kappa shape index (κ3) is 7.73. The molecule has 0 aliphatic carbocycles. The number of anilines is 2. The van der Waals surface area contributed by atoms with Crippen LogP contribution >= 0.6 is 0 Å². The van der Waals surface area contributed by atoms with Crippen molar-refractivity contribution in [2.45, 2.75) is 95.6 Å². The maximum Gasteiger partial charge on any atom is 0.471 e. The van der Waals surface area contributed by atoms with Crippen LogP contribution in [0.3, 0.4) is 0 Å². The fraction of sp³-hybridized carbons (Fsp3) is 0.571. The second kappa shape index (κ2) is 15.4. The lowest BCUT2D eigenvalue weighted by atomic mass is 9.90. The number of hydrogen-bond donors (Lipinski definition) is 2. The van der Waals surface area contributed by atoms with Crippen LogP contribution in [0.1, 0.15) is 0 Å². The topological polar surface area (TPSA) is 70.5 Å². The highest BCUT2D eigenvalue weighted by Crippen LogP contribution is 2.66. The van der Waals surface area contributed by atoms with Crippen molar-refractivity contribution in [2.75, 3.05) is 11.5 Å². The van der Waals surface area contributed by atoms with Crippen molar-refractivity contribution in [3.63, 3.8) is 0 Å². The molecule has 0 atom stereocenters. The number of benzene rings is 2. The molecule has 0 unspecified atom stereocenters. The second-order valence-electron chi connectivity index (χ2n) is 12.6. The standard InChI is InChI=1S/C28H10F34N2O2/c29-13(30,17(37,38)21(45,46)25(53,54)55)15(33,34)19(41,42)23(49,50)27(59,60)65-11-5-7(63)1-3-9(11)10-4-2-8(64)6-12(10)66-28(61,62)24(51,52)20(43,44)16(35,36)14(31,32)18(39,40)22(47,48)26(56,57)58/h1-6H,63-64H2. The van der Waals surface area contributed by atoms with Crippen LogP contribution in [0.5, 0.6) is 11.5 Å². The normalized spacial score (nSPS) is 15.8. The van der Waals surface area contributed by atoms with Crippen molar-refractivity contribution in [3.8, 4) is 22.6 Å².